The third-order valence-electron chi connectivity index (χ3n) is 10.8. The molecule has 0 bridgehead atoms. The van der Waals surface area contributed by atoms with Crippen molar-refractivity contribution in [3.63, 3.8) is 0 Å². The molecule has 5 amide bonds. The van der Waals surface area contributed by atoms with Crippen molar-refractivity contribution in [2.75, 3.05) is 52.7 Å². The topological polar surface area (TPSA) is 278 Å². The van der Waals surface area contributed by atoms with E-state index in [4.69, 9.17) is 14.2 Å². The number of phenols is 1. The van der Waals surface area contributed by atoms with Crippen LogP contribution in [0.25, 0.3) is 10.9 Å². The molecule has 372 valence electrons. The SMILES string of the molecule is C[C@@H](C(=O)N[C@@H](Cc1ccc(O)cc1)C(=O)N[C@@H](Cc1ccccc1)C(=O)O)n1nnc2cc(C(=O)NCCCOCCOCCOCCCNC(=O)CCC(=O)NCc3ccccc3)ccc2c1=O. The number of rotatable bonds is 30. The number of phenolic OH excluding ortho intramolecular Hbond substituents is 1. The van der Waals surface area contributed by atoms with Gasteiger partial charge in [-0.05, 0) is 66.8 Å². The number of nitrogens with zero attached hydrogens (tertiary/aromatic N) is 3. The number of carboxylic acids is 1. The molecular formula is C50H60N8O12. The zero-order valence-electron chi connectivity index (χ0n) is 39.0. The highest BCUT2D eigenvalue weighted by molar-refractivity contribution is 5.97. The summed E-state index contributed by atoms with van der Waals surface area (Å²) in [5.74, 6) is -3.60. The molecule has 20 nitrogen and oxygen atoms in total. The normalized spacial score (nSPS) is 12.3. The van der Waals surface area contributed by atoms with Gasteiger partial charge in [0.15, 0.2) is 0 Å². The van der Waals surface area contributed by atoms with Gasteiger partial charge >= 0.3 is 5.97 Å². The molecule has 1 aromatic heterocycles. The van der Waals surface area contributed by atoms with E-state index in [9.17, 15) is 43.8 Å². The Kier molecular flexibility index (Phi) is 21.9. The van der Waals surface area contributed by atoms with Gasteiger partial charge in [-0.2, -0.15) is 4.68 Å². The summed E-state index contributed by atoms with van der Waals surface area (Å²) < 4.78 is 17.5. The Morgan fingerprint density at radius 3 is 1.80 bits per heavy atom. The van der Waals surface area contributed by atoms with Gasteiger partial charge in [0.1, 0.15) is 29.4 Å². The zero-order valence-corrected chi connectivity index (χ0v) is 39.0. The monoisotopic (exact) mass is 964 g/mol. The average molecular weight is 965 g/mol. The highest BCUT2D eigenvalue weighted by atomic mass is 16.5. The predicted octanol–water partition coefficient (Wildman–Crippen LogP) is 2.37. The van der Waals surface area contributed by atoms with Crippen LogP contribution in [0.1, 0.15) is 65.7 Å². The molecule has 4 aromatic carbocycles. The van der Waals surface area contributed by atoms with Crippen LogP contribution in [-0.4, -0.2) is 126 Å². The van der Waals surface area contributed by atoms with E-state index in [0.29, 0.717) is 83.2 Å². The lowest BCUT2D eigenvalue weighted by molar-refractivity contribution is -0.142. The Bertz CT molecular complexity index is 2540. The van der Waals surface area contributed by atoms with E-state index >= 15 is 0 Å². The first-order chi connectivity index (χ1) is 33.9. The maximum atomic E-state index is 13.6. The fraction of sp³-hybridized carbons (Fsp3) is 0.380. The standard InChI is InChI=1S/C50H60N8O12/c1-34(46(62)54-42(30-36-14-17-39(59)18-15-36)48(64)55-43(50(66)67)31-35-10-4-2-5-11-35)58-49(65)40-19-16-38(32-41(40)56-57-58)47(63)52-23-9-25-69-27-29-70-28-26-68-24-8-22-51-44(60)20-21-45(61)53-33-37-12-6-3-7-13-37/h2-7,10-19,32,34,42-43,59H,8-9,20-31,33H2,1H3,(H,51,60)(H,52,63)(H,53,61)(H,54,62)(H,55,64)(H,66,67)/t34-,42-,43-/m0/s1. The lowest BCUT2D eigenvalue weighted by atomic mass is 10.0. The summed E-state index contributed by atoms with van der Waals surface area (Å²) in [4.78, 5) is 89.9. The predicted molar refractivity (Wildman–Crippen MR) is 257 cm³/mol. The van der Waals surface area contributed by atoms with E-state index in [0.717, 1.165) is 10.2 Å². The molecule has 70 heavy (non-hydrogen) atoms. The average Bonchev–Trinajstić information content (AvgIpc) is 3.36. The smallest absolute Gasteiger partial charge is 0.326 e. The molecule has 0 aliphatic rings. The molecule has 5 rings (SSSR count). The Morgan fingerprint density at radius 1 is 0.629 bits per heavy atom. The summed E-state index contributed by atoms with van der Waals surface area (Å²) in [6.07, 6.45) is 1.31. The number of fused-ring (bicyclic) bond motifs is 1. The molecular weight excluding hydrogens is 905 g/mol. The van der Waals surface area contributed by atoms with Crippen molar-refractivity contribution in [2.24, 2.45) is 0 Å². The fourth-order valence-corrected chi connectivity index (χ4v) is 6.88. The molecule has 0 aliphatic heterocycles. The summed E-state index contributed by atoms with van der Waals surface area (Å²) in [7, 11) is 0. The number of carbonyl (C=O) groups excluding carboxylic acids is 5. The van der Waals surface area contributed by atoms with Gasteiger partial charge in [0.05, 0.1) is 31.8 Å². The summed E-state index contributed by atoms with van der Waals surface area (Å²) in [5, 5.41) is 41.3. The number of aromatic hydroxyl groups is 1. The van der Waals surface area contributed by atoms with Gasteiger partial charge in [-0.3, -0.25) is 28.8 Å². The third-order valence-corrected chi connectivity index (χ3v) is 10.8. The summed E-state index contributed by atoms with van der Waals surface area (Å²) in [6.45, 7) is 4.86. The minimum atomic E-state index is -1.31. The lowest BCUT2D eigenvalue weighted by Gasteiger charge is -2.23. The lowest BCUT2D eigenvalue weighted by Crippen LogP contribution is -2.54. The number of hydrogen-bond donors (Lipinski definition) is 7. The first-order valence-corrected chi connectivity index (χ1v) is 23.0. The molecule has 5 aromatic rings. The Balaban J connectivity index is 0.964. The van der Waals surface area contributed by atoms with Crippen molar-refractivity contribution in [1.29, 1.82) is 0 Å². The van der Waals surface area contributed by atoms with Crippen molar-refractivity contribution in [3.8, 4) is 5.75 Å². The third kappa shape index (κ3) is 18.2. The molecule has 0 unspecified atom stereocenters. The summed E-state index contributed by atoms with van der Waals surface area (Å²) >= 11 is 0. The van der Waals surface area contributed by atoms with Gasteiger partial charge in [-0.1, -0.05) is 78.0 Å². The molecule has 0 spiro atoms. The summed E-state index contributed by atoms with van der Waals surface area (Å²) in [6, 6.07) is 24.7. The molecule has 3 atom stereocenters. The van der Waals surface area contributed by atoms with E-state index in [1.807, 2.05) is 30.3 Å². The van der Waals surface area contributed by atoms with E-state index in [1.54, 1.807) is 42.5 Å². The zero-order chi connectivity index (χ0) is 50.1. The van der Waals surface area contributed by atoms with Gasteiger partial charge in [0.2, 0.25) is 23.6 Å². The molecule has 7 N–H and O–H groups in total. The number of aliphatic carboxylic acids is 1. The molecule has 0 saturated carbocycles. The van der Waals surface area contributed by atoms with Crippen LogP contribution < -0.4 is 32.1 Å². The number of carbonyl (C=O) groups is 6. The van der Waals surface area contributed by atoms with Gasteiger partial charge < -0.3 is 51.0 Å². The highest BCUT2D eigenvalue weighted by Crippen LogP contribution is 2.15. The number of ether oxygens (including phenoxy) is 3. The van der Waals surface area contributed by atoms with Crippen LogP contribution in [-0.2, 0) is 57.6 Å². The molecule has 0 radical (unpaired) electrons. The van der Waals surface area contributed by atoms with Gasteiger partial charge in [0, 0.05) is 64.1 Å². The molecule has 0 saturated heterocycles. The maximum absolute atomic E-state index is 13.6. The molecule has 20 heteroatoms. The maximum Gasteiger partial charge on any atom is 0.326 e. The molecule has 0 fully saturated rings. The first-order valence-electron chi connectivity index (χ1n) is 23.0. The van der Waals surface area contributed by atoms with Crippen LogP contribution in [0.5, 0.6) is 5.75 Å². The van der Waals surface area contributed by atoms with Gasteiger partial charge in [0.25, 0.3) is 11.5 Å². The van der Waals surface area contributed by atoms with Crippen molar-refractivity contribution in [3.05, 3.63) is 136 Å². The van der Waals surface area contributed by atoms with Crippen LogP contribution in [0.15, 0.2) is 108 Å². The van der Waals surface area contributed by atoms with Crippen molar-refractivity contribution < 1.29 is 53.2 Å². The molecule has 0 aliphatic carbocycles. The number of benzene rings is 4. The van der Waals surface area contributed by atoms with Crippen LogP contribution in [0.3, 0.4) is 0 Å². The minimum Gasteiger partial charge on any atom is -0.508 e. The van der Waals surface area contributed by atoms with E-state index in [1.165, 1.54) is 37.3 Å². The number of hydrogen-bond acceptors (Lipinski definition) is 13. The van der Waals surface area contributed by atoms with Crippen molar-refractivity contribution >= 4 is 46.4 Å². The number of aromatic nitrogens is 3. The fourth-order valence-electron chi connectivity index (χ4n) is 6.88. The Morgan fingerprint density at radius 2 is 1.17 bits per heavy atom. The highest BCUT2D eigenvalue weighted by Gasteiger charge is 2.30. The van der Waals surface area contributed by atoms with E-state index in [2.05, 4.69) is 36.9 Å². The Labute approximate surface area is 404 Å². The summed E-state index contributed by atoms with van der Waals surface area (Å²) in [5.41, 5.74) is 1.91. The Hall–Kier alpha value is -7.55. The number of carboxylic acid groups (broad SMARTS) is 1. The van der Waals surface area contributed by atoms with E-state index < -0.39 is 47.4 Å². The van der Waals surface area contributed by atoms with Crippen LogP contribution in [0.4, 0.5) is 0 Å². The van der Waals surface area contributed by atoms with Crippen LogP contribution in [0.2, 0.25) is 0 Å². The van der Waals surface area contributed by atoms with E-state index in [-0.39, 0.29) is 59.7 Å². The second-order valence-corrected chi connectivity index (χ2v) is 16.2. The number of nitrogens with one attached hydrogen (secondary N) is 5. The molecule has 1 heterocycles. The second-order valence-electron chi connectivity index (χ2n) is 16.2. The first kappa shape index (κ1) is 53.4. The second kappa shape index (κ2) is 28.7. The van der Waals surface area contributed by atoms with Crippen molar-refractivity contribution in [2.45, 2.75) is 70.1 Å². The largest absolute Gasteiger partial charge is 0.508 e. The van der Waals surface area contributed by atoms with Gasteiger partial charge in [-0.25, -0.2) is 4.79 Å². The van der Waals surface area contributed by atoms with Gasteiger partial charge in [-0.15, -0.1) is 5.10 Å². The van der Waals surface area contributed by atoms with Crippen LogP contribution >= 0.6 is 0 Å². The quantitative estimate of drug-likeness (QED) is 0.0326. The van der Waals surface area contributed by atoms with Crippen molar-refractivity contribution in [1.82, 2.24) is 41.6 Å². The van der Waals surface area contributed by atoms with Crippen LogP contribution in [0, 0.1) is 0 Å². The number of amides is 5. The minimum absolute atomic E-state index is 0.00813.